The van der Waals surface area contributed by atoms with Gasteiger partial charge < -0.3 is 14.2 Å². The third-order valence-corrected chi connectivity index (χ3v) is 3.73. The van der Waals surface area contributed by atoms with Gasteiger partial charge in [-0.3, -0.25) is 4.79 Å². The highest BCUT2D eigenvalue weighted by molar-refractivity contribution is 5.78. The second-order valence-electron chi connectivity index (χ2n) is 6.05. The predicted octanol–water partition coefficient (Wildman–Crippen LogP) is 2.82. The van der Waals surface area contributed by atoms with Gasteiger partial charge in [-0.15, -0.1) is 0 Å². The standard InChI is InChI=1S/C16H28O4/c1-6-18-7-8-19-9-10-20-15(17)14-13(11-12(2)3)16(14,4)5/h11,13-14H,6-10H2,1-5H3. The van der Waals surface area contributed by atoms with Gasteiger partial charge in [0, 0.05) is 6.61 Å². The molecule has 0 spiro atoms. The minimum absolute atomic E-state index is 0.0131. The van der Waals surface area contributed by atoms with E-state index in [-0.39, 0.29) is 17.3 Å². The minimum Gasteiger partial charge on any atom is -0.463 e. The van der Waals surface area contributed by atoms with Crippen LogP contribution in [0.2, 0.25) is 0 Å². The van der Waals surface area contributed by atoms with Crippen LogP contribution in [0.3, 0.4) is 0 Å². The van der Waals surface area contributed by atoms with Gasteiger partial charge in [0.1, 0.15) is 6.61 Å². The molecule has 2 atom stereocenters. The highest BCUT2D eigenvalue weighted by Crippen LogP contribution is 2.59. The van der Waals surface area contributed by atoms with Crippen molar-refractivity contribution in [3.63, 3.8) is 0 Å². The van der Waals surface area contributed by atoms with Gasteiger partial charge in [-0.05, 0) is 32.1 Å². The summed E-state index contributed by atoms with van der Waals surface area (Å²) in [7, 11) is 0. The Morgan fingerprint density at radius 3 is 2.30 bits per heavy atom. The molecule has 0 radical (unpaired) electrons. The molecule has 4 heteroatoms. The number of allylic oxidation sites excluding steroid dienone is 2. The lowest BCUT2D eigenvalue weighted by Gasteiger charge is -2.07. The monoisotopic (exact) mass is 284 g/mol. The zero-order valence-corrected chi connectivity index (χ0v) is 13.4. The summed E-state index contributed by atoms with van der Waals surface area (Å²) in [5.41, 5.74) is 1.27. The molecule has 4 nitrogen and oxygen atoms in total. The molecule has 0 saturated heterocycles. The van der Waals surface area contributed by atoms with Crippen LogP contribution < -0.4 is 0 Å². The fraction of sp³-hybridized carbons (Fsp3) is 0.812. The Kier molecular flexibility index (Phi) is 6.69. The summed E-state index contributed by atoms with van der Waals surface area (Å²) >= 11 is 0. The average Bonchev–Trinajstić information content (AvgIpc) is 2.88. The van der Waals surface area contributed by atoms with Crippen molar-refractivity contribution in [2.45, 2.75) is 34.6 Å². The molecular weight excluding hydrogens is 256 g/mol. The Labute approximate surface area is 122 Å². The molecule has 0 heterocycles. The fourth-order valence-electron chi connectivity index (χ4n) is 2.45. The van der Waals surface area contributed by atoms with Crippen molar-refractivity contribution < 1.29 is 19.0 Å². The third-order valence-electron chi connectivity index (χ3n) is 3.73. The number of ether oxygens (including phenoxy) is 3. The van der Waals surface area contributed by atoms with Crippen LogP contribution in [0.5, 0.6) is 0 Å². The number of hydrogen-bond donors (Lipinski definition) is 0. The average molecular weight is 284 g/mol. The van der Waals surface area contributed by atoms with Crippen LogP contribution in [0.4, 0.5) is 0 Å². The first-order chi connectivity index (χ1) is 9.41. The van der Waals surface area contributed by atoms with Gasteiger partial charge in [0.2, 0.25) is 0 Å². The summed E-state index contributed by atoms with van der Waals surface area (Å²) in [6.45, 7) is 12.9. The van der Waals surface area contributed by atoms with E-state index >= 15 is 0 Å². The zero-order chi connectivity index (χ0) is 15.2. The van der Waals surface area contributed by atoms with Gasteiger partial charge in [0.25, 0.3) is 0 Å². The zero-order valence-electron chi connectivity index (χ0n) is 13.4. The van der Waals surface area contributed by atoms with Gasteiger partial charge in [-0.1, -0.05) is 25.5 Å². The molecule has 1 saturated carbocycles. The summed E-state index contributed by atoms with van der Waals surface area (Å²) in [6, 6.07) is 0. The molecule has 1 aliphatic rings. The van der Waals surface area contributed by atoms with Gasteiger partial charge in [-0.25, -0.2) is 0 Å². The number of carbonyl (C=O) groups excluding carboxylic acids is 1. The van der Waals surface area contributed by atoms with Crippen LogP contribution in [0, 0.1) is 17.3 Å². The summed E-state index contributed by atoms with van der Waals surface area (Å²) in [6.07, 6.45) is 2.17. The number of carbonyl (C=O) groups is 1. The minimum atomic E-state index is -0.106. The van der Waals surface area contributed by atoms with Gasteiger partial charge >= 0.3 is 5.97 Å². The van der Waals surface area contributed by atoms with Crippen molar-refractivity contribution in [3.05, 3.63) is 11.6 Å². The van der Waals surface area contributed by atoms with Crippen molar-refractivity contribution in [2.75, 3.05) is 33.0 Å². The maximum absolute atomic E-state index is 12.0. The van der Waals surface area contributed by atoms with Crippen molar-refractivity contribution in [3.8, 4) is 0 Å². The summed E-state index contributed by atoms with van der Waals surface area (Å²) in [5, 5.41) is 0. The number of esters is 1. The van der Waals surface area contributed by atoms with E-state index in [1.165, 1.54) is 5.57 Å². The lowest BCUT2D eigenvalue weighted by Crippen LogP contribution is -2.15. The van der Waals surface area contributed by atoms with E-state index in [1.807, 2.05) is 6.92 Å². The molecule has 0 aromatic carbocycles. The van der Waals surface area contributed by atoms with E-state index in [0.29, 0.717) is 39.0 Å². The molecule has 0 N–H and O–H groups in total. The SMILES string of the molecule is CCOCCOCCOC(=O)C1C(C=C(C)C)C1(C)C. The molecule has 1 aliphatic carbocycles. The Balaban J connectivity index is 2.19. The van der Waals surface area contributed by atoms with Crippen molar-refractivity contribution in [1.29, 1.82) is 0 Å². The third kappa shape index (κ3) is 4.91. The van der Waals surface area contributed by atoms with Crippen molar-refractivity contribution >= 4 is 5.97 Å². The molecule has 20 heavy (non-hydrogen) atoms. The van der Waals surface area contributed by atoms with E-state index in [0.717, 1.165) is 0 Å². The second-order valence-corrected chi connectivity index (χ2v) is 6.05. The Morgan fingerprint density at radius 1 is 1.10 bits per heavy atom. The van der Waals surface area contributed by atoms with E-state index < -0.39 is 0 Å². The fourth-order valence-corrected chi connectivity index (χ4v) is 2.45. The summed E-state index contributed by atoms with van der Waals surface area (Å²) in [4.78, 5) is 12.0. The lowest BCUT2D eigenvalue weighted by atomic mass is 10.1. The molecular formula is C16H28O4. The van der Waals surface area contributed by atoms with Gasteiger partial charge in [-0.2, -0.15) is 0 Å². The molecule has 0 aromatic rings. The van der Waals surface area contributed by atoms with E-state index in [4.69, 9.17) is 14.2 Å². The molecule has 1 fully saturated rings. The van der Waals surface area contributed by atoms with Crippen LogP contribution >= 0.6 is 0 Å². The predicted molar refractivity (Wildman–Crippen MR) is 78.5 cm³/mol. The molecule has 116 valence electrons. The normalized spacial score (nSPS) is 23.2. The van der Waals surface area contributed by atoms with Crippen LogP contribution in [0.1, 0.15) is 34.6 Å². The largest absolute Gasteiger partial charge is 0.463 e. The Hall–Kier alpha value is -0.870. The molecule has 0 aromatic heterocycles. The first-order valence-corrected chi connectivity index (χ1v) is 7.38. The summed E-state index contributed by atoms with van der Waals surface area (Å²) in [5.74, 6) is 0.186. The highest BCUT2D eigenvalue weighted by Gasteiger charge is 2.61. The van der Waals surface area contributed by atoms with Crippen LogP contribution in [-0.2, 0) is 19.0 Å². The van der Waals surface area contributed by atoms with Crippen LogP contribution in [0.25, 0.3) is 0 Å². The van der Waals surface area contributed by atoms with Gasteiger partial charge in [0.05, 0.1) is 25.7 Å². The van der Waals surface area contributed by atoms with Crippen LogP contribution in [-0.4, -0.2) is 39.0 Å². The molecule has 0 bridgehead atoms. The van der Waals surface area contributed by atoms with Crippen molar-refractivity contribution in [1.82, 2.24) is 0 Å². The van der Waals surface area contributed by atoms with E-state index in [1.54, 1.807) is 0 Å². The Bertz CT molecular complexity index is 342. The second kappa shape index (κ2) is 7.79. The maximum atomic E-state index is 12.0. The molecule has 0 amide bonds. The lowest BCUT2D eigenvalue weighted by molar-refractivity contribution is -0.147. The Morgan fingerprint density at radius 2 is 1.70 bits per heavy atom. The van der Waals surface area contributed by atoms with Crippen LogP contribution in [0.15, 0.2) is 11.6 Å². The van der Waals surface area contributed by atoms with E-state index in [2.05, 4.69) is 33.8 Å². The molecule has 2 unspecified atom stereocenters. The molecule has 0 aliphatic heterocycles. The van der Waals surface area contributed by atoms with E-state index in [9.17, 15) is 4.79 Å². The topological polar surface area (TPSA) is 44.8 Å². The first-order valence-electron chi connectivity index (χ1n) is 7.38. The number of rotatable bonds is 9. The highest BCUT2D eigenvalue weighted by atomic mass is 16.6. The molecule has 1 rings (SSSR count). The maximum Gasteiger partial charge on any atom is 0.310 e. The quantitative estimate of drug-likeness (QED) is 0.371. The van der Waals surface area contributed by atoms with Gasteiger partial charge in [0.15, 0.2) is 0 Å². The summed E-state index contributed by atoms with van der Waals surface area (Å²) < 4.78 is 15.7. The van der Waals surface area contributed by atoms with Crippen molar-refractivity contribution in [2.24, 2.45) is 17.3 Å². The first kappa shape index (κ1) is 17.2. The number of hydrogen-bond acceptors (Lipinski definition) is 4. The smallest absolute Gasteiger partial charge is 0.310 e.